The molecule has 0 N–H and O–H groups in total. The predicted octanol–water partition coefficient (Wildman–Crippen LogP) is 1.91. The molecule has 0 aromatic heterocycles. The van der Waals surface area contributed by atoms with Crippen molar-refractivity contribution in [2.24, 2.45) is 5.92 Å². The van der Waals surface area contributed by atoms with Crippen molar-refractivity contribution in [1.82, 2.24) is 9.80 Å². The highest BCUT2D eigenvalue weighted by atomic mass is 16.5. The van der Waals surface area contributed by atoms with Crippen LogP contribution in [0.25, 0.3) is 0 Å². The summed E-state index contributed by atoms with van der Waals surface area (Å²) in [5.41, 5.74) is 1.39. The van der Waals surface area contributed by atoms with Gasteiger partial charge in [-0.3, -0.25) is 4.79 Å². The number of nitrogens with zero attached hydrogens (tertiary/aromatic N) is 2. The monoisotopic (exact) mass is 348 g/mol. The molecule has 25 heavy (non-hydrogen) atoms. The Hall–Kier alpha value is -2.57. The van der Waals surface area contributed by atoms with E-state index in [1.807, 2.05) is 0 Å². The predicted molar refractivity (Wildman–Crippen MR) is 91.0 cm³/mol. The molecule has 136 valence electrons. The number of ether oxygens (including phenoxy) is 2. The van der Waals surface area contributed by atoms with Crippen LogP contribution in [0.2, 0.25) is 0 Å². The fraction of sp³-hybridized carbons (Fsp3) is 0.500. The third-order valence-electron chi connectivity index (χ3n) is 4.37. The molecular formula is C18H24N2O5. The lowest BCUT2D eigenvalue weighted by molar-refractivity contribution is -0.136. The van der Waals surface area contributed by atoms with Gasteiger partial charge in [0.2, 0.25) is 5.91 Å². The van der Waals surface area contributed by atoms with Crippen molar-refractivity contribution in [2.45, 2.75) is 19.4 Å². The summed E-state index contributed by atoms with van der Waals surface area (Å²) in [6.07, 6.45) is 1.16. The first-order valence-corrected chi connectivity index (χ1v) is 8.21. The number of rotatable bonds is 4. The van der Waals surface area contributed by atoms with Crippen LogP contribution in [-0.2, 0) is 20.8 Å². The number of likely N-dealkylation sites (tertiary alicyclic amines) is 1. The van der Waals surface area contributed by atoms with Crippen LogP contribution < -0.4 is 0 Å². The Labute approximate surface area is 147 Å². The molecule has 0 radical (unpaired) electrons. The van der Waals surface area contributed by atoms with Gasteiger partial charge in [0.15, 0.2) is 0 Å². The van der Waals surface area contributed by atoms with Crippen molar-refractivity contribution in [3.05, 3.63) is 35.4 Å². The van der Waals surface area contributed by atoms with Crippen LogP contribution in [0.15, 0.2) is 24.3 Å². The average Bonchev–Trinajstić information content (AvgIpc) is 2.66. The van der Waals surface area contributed by atoms with Crippen molar-refractivity contribution in [2.75, 3.05) is 34.4 Å². The molecule has 1 saturated heterocycles. The molecule has 1 atom stereocenters. The summed E-state index contributed by atoms with van der Waals surface area (Å²) in [6, 6.07) is 6.97. The third-order valence-corrected chi connectivity index (χ3v) is 4.37. The van der Waals surface area contributed by atoms with E-state index in [0.717, 1.165) is 18.4 Å². The summed E-state index contributed by atoms with van der Waals surface area (Å²) >= 11 is 0. The van der Waals surface area contributed by atoms with Gasteiger partial charge in [-0.1, -0.05) is 12.1 Å². The maximum atomic E-state index is 12.7. The molecule has 1 fully saturated rings. The van der Waals surface area contributed by atoms with Gasteiger partial charge in [0.25, 0.3) is 0 Å². The van der Waals surface area contributed by atoms with Gasteiger partial charge in [0.05, 0.1) is 25.7 Å². The summed E-state index contributed by atoms with van der Waals surface area (Å²) in [7, 11) is 4.43. The van der Waals surface area contributed by atoms with Gasteiger partial charge in [0, 0.05) is 26.7 Å². The van der Waals surface area contributed by atoms with Gasteiger partial charge in [-0.15, -0.1) is 0 Å². The van der Waals surface area contributed by atoms with Crippen molar-refractivity contribution in [1.29, 1.82) is 0 Å². The van der Waals surface area contributed by atoms with Crippen LogP contribution in [0.3, 0.4) is 0 Å². The molecule has 7 heteroatoms. The summed E-state index contributed by atoms with van der Waals surface area (Å²) < 4.78 is 9.41. The number of hydrogen-bond donors (Lipinski definition) is 0. The molecule has 0 saturated carbocycles. The minimum Gasteiger partial charge on any atom is -0.465 e. The maximum Gasteiger partial charge on any atom is 0.409 e. The zero-order valence-electron chi connectivity index (χ0n) is 14.9. The first-order valence-electron chi connectivity index (χ1n) is 8.21. The van der Waals surface area contributed by atoms with Crippen LogP contribution in [-0.4, -0.2) is 62.1 Å². The number of esters is 1. The fourth-order valence-electron chi connectivity index (χ4n) is 3.00. The van der Waals surface area contributed by atoms with Crippen LogP contribution in [0.5, 0.6) is 0 Å². The summed E-state index contributed by atoms with van der Waals surface area (Å²) in [6.45, 7) is 1.45. The fourth-order valence-corrected chi connectivity index (χ4v) is 3.00. The quantitative estimate of drug-likeness (QED) is 0.777. The van der Waals surface area contributed by atoms with Gasteiger partial charge < -0.3 is 19.3 Å². The maximum absolute atomic E-state index is 12.7. The SMILES string of the molecule is COC(=O)c1ccc(CN(C)C(=O)C2CCCN(C(=O)OC)C2)cc1. The van der Waals surface area contributed by atoms with E-state index in [-0.39, 0.29) is 17.8 Å². The van der Waals surface area contributed by atoms with E-state index in [4.69, 9.17) is 4.74 Å². The summed E-state index contributed by atoms with van der Waals surface area (Å²) in [4.78, 5) is 39.0. The molecule has 7 nitrogen and oxygen atoms in total. The van der Waals surface area contributed by atoms with Crippen LogP contribution in [0, 0.1) is 5.92 Å². The third kappa shape index (κ3) is 4.71. The first-order chi connectivity index (χ1) is 12.0. The molecule has 0 spiro atoms. The van der Waals surface area contributed by atoms with E-state index in [1.165, 1.54) is 14.2 Å². The number of carbonyl (C=O) groups excluding carboxylic acids is 3. The van der Waals surface area contributed by atoms with E-state index in [2.05, 4.69) is 4.74 Å². The molecule has 0 bridgehead atoms. The lowest BCUT2D eigenvalue weighted by Gasteiger charge is -2.33. The Bertz CT molecular complexity index is 629. The van der Waals surface area contributed by atoms with E-state index in [9.17, 15) is 14.4 Å². The topological polar surface area (TPSA) is 76.2 Å². The molecule has 1 heterocycles. The second-order valence-corrected chi connectivity index (χ2v) is 6.14. The molecule has 0 aliphatic carbocycles. The minimum atomic E-state index is -0.390. The molecule has 1 aliphatic heterocycles. The average molecular weight is 348 g/mol. The van der Waals surface area contributed by atoms with Crippen LogP contribution >= 0.6 is 0 Å². The number of amides is 2. The Morgan fingerprint density at radius 1 is 1.16 bits per heavy atom. The smallest absolute Gasteiger partial charge is 0.409 e. The molecule has 1 unspecified atom stereocenters. The zero-order chi connectivity index (χ0) is 18.4. The number of benzene rings is 1. The van der Waals surface area contributed by atoms with Gasteiger partial charge in [0.1, 0.15) is 0 Å². The lowest BCUT2D eigenvalue weighted by atomic mass is 9.96. The van der Waals surface area contributed by atoms with E-state index in [0.29, 0.717) is 25.2 Å². The number of hydrogen-bond acceptors (Lipinski definition) is 5. The van der Waals surface area contributed by atoms with Crippen molar-refractivity contribution in [3.63, 3.8) is 0 Å². The highest BCUT2D eigenvalue weighted by Crippen LogP contribution is 2.20. The van der Waals surface area contributed by atoms with E-state index in [1.54, 1.807) is 41.1 Å². The highest BCUT2D eigenvalue weighted by Gasteiger charge is 2.30. The van der Waals surface area contributed by atoms with Crippen molar-refractivity contribution >= 4 is 18.0 Å². The van der Waals surface area contributed by atoms with Crippen LogP contribution in [0.4, 0.5) is 4.79 Å². The molecule has 1 aromatic carbocycles. The highest BCUT2D eigenvalue weighted by molar-refractivity contribution is 5.89. The van der Waals surface area contributed by atoms with Gasteiger partial charge in [-0.25, -0.2) is 9.59 Å². The zero-order valence-corrected chi connectivity index (χ0v) is 14.9. The van der Waals surface area contributed by atoms with Gasteiger partial charge in [-0.2, -0.15) is 0 Å². The normalized spacial score (nSPS) is 16.9. The standard InChI is InChI=1S/C18H24N2O5/c1-19(11-13-6-8-14(9-7-13)17(22)24-2)16(21)15-5-4-10-20(12-15)18(23)25-3/h6-9,15H,4-5,10-12H2,1-3H3. The number of methoxy groups -OCH3 is 2. The van der Waals surface area contributed by atoms with E-state index >= 15 is 0 Å². The second kappa shape index (κ2) is 8.50. The second-order valence-electron chi connectivity index (χ2n) is 6.14. The van der Waals surface area contributed by atoms with Gasteiger partial charge >= 0.3 is 12.1 Å². The first kappa shape index (κ1) is 18.8. The summed E-state index contributed by atoms with van der Waals surface area (Å²) in [5.74, 6) is -0.598. The number of carbonyl (C=O) groups is 3. The van der Waals surface area contributed by atoms with Crippen molar-refractivity contribution in [3.8, 4) is 0 Å². The molecule has 2 amide bonds. The van der Waals surface area contributed by atoms with Crippen LogP contribution in [0.1, 0.15) is 28.8 Å². The summed E-state index contributed by atoms with van der Waals surface area (Å²) in [5, 5.41) is 0. The van der Waals surface area contributed by atoms with Gasteiger partial charge in [-0.05, 0) is 30.5 Å². The lowest BCUT2D eigenvalue weighted by Crippen LogP contribution is -2.45. The molecule has 1 aliphatic rings. The minimum absolute atomic E-state index is 0.00523. The Kier molecular flexibility index (Phi) is 6.38. The molecule has 1 aromatic rings. The Morgan fingerprint density at radius 3 is 2.44 bits per heavy atom. The Morgan fingerprint density at radius 2 is 1.84 bits per heavy atom. The van der Waals surface area contributed by atoms with Crippen molar-refractivity contribution < 1.29 is 23.9 Å². The molecule has 2 rings (SSSR count). The number of piperidine rings is 1. The largest absolute Gasteiger partial charge is 0.465 e. The molecular weight excluding hydrogens is 324 g/mol. The Balaban J connectivity index is 1.95. The van der Waals surface area contributed by atoms with E-state index < -0.39 is 6.09 Å².